The summed E-state index contributed by atoms with van der Waals surface area (Å²) in [7, 11) is 0.376. The van der Waals surface area contributed by atoms with Gasteiger partial charge in [0.2, 0.25) is 5.82 Å². The monoisotopic (exact) mass is 311 g/mol. The van der Waals surface area contributed by atoms with Crippen molar-refractivity contribution in [2.24, 2.45) is 0 Å². The highest BCUT2D eigenvalue weighted by Crippen LogP contribution is 2.28. The predicted molar refractivity (Wildman–Crippen MR) is 62.0 cm³/mol. The molecular weight excluding hydrogens is 305 g/mol. The van der Waals surface area contributed by atoms with Crippen LogP contribution in [0, 0.1) is 15.9 Å². The van der Waals surface area contributed by atoms with E-state index < -0.39 is 41.9 Å². The highest BCUT2D eigenvalue weighted by Gasteiger charge is 2.28. The Hall–Kier alpha value is -1.74. The van der Waals surface area contributed by atoms with Crippen LogP contribution in [0.2, 0.25) is 0 Å². The maximum absolute atomic E-state index is 13.6. The highest BCUT2D eigenvalue weighted by atomic mass is 35.7. The third-order valence-electron chi connectivity index (χ3n) is 1.99. The number of hydrogen-bond acceptors (Lipinski definition) is 6. The second-order valence-corrected chi connectivity index (χ2v) is 5.76. The van der Waals surface area contributed by atoms with Crippen molar-refractivity contribution in [3.63, 3.8) is 0 Å². The quantitative estimate of drug-likeness (QED) is 0.364. The van der Waals surface area contributed by atoms with Crippen molar-refractivity contribution >= 4 is 31.4 Å². The number of benzene rings is 1. The molecule has 1 rings (SSSR count). The van der Waals surface area contributed by atoms with Crippen LogP contribution in [0.1, 0.15) is 17.3 Å². The largest absolute Gasteiger partial charge is 0.462 e. The SMILES string of the molecule is CCOC(=O)c1cc([N+](=O)[O-])c(F)c(S(=O)(=O)Cl)c1. The number of nitro benzene ring substituents is 1. The topological polar surface area (TPSA) is 104 Å². The fourth-order valence-corrected chi connectivity index (χ4v) is 2.15. The van der Waals surface area contributed by atoms with Crippen molar-refractivity contribution in [2.45, 2.75) is 11.8 Å². The predicted octanol–water partition coefficient (Wildman–Crippen LogP) is 1.84. The van der Waals surface area contributed by atoms with Gasteiger partial charge in [0, 0.05) is 16.7 Å². The van der Waals surface area contributed by atoms with Crippen LogP contribution >= 0.6 is 10.7 Å². The van der Waals surface area contributed by atoms with Crippen LogP contribution in [0.3, 0.4) is 0 Å². The normalized spacial score (nSPS) is 11.1. The molecule has 0 N–H and O–H groups in total. The summed E-state index contributed by atoms with van der Waals surface area (Å²) in [6.45, 7) is 1.45. The minimum Gasteiger partial charge on any atom is -0.462 e. The molecule has 0 saturated carbocycles. The molecule has 1 aromatic rings. The number of carbonyl (C=O) groups excluding carboxylic acids is 1. The van der Waals surface area contributed by atoms with Crippen LogP contribution < -0.4 is 0 Å². The Morgan fingerprint density at radius 3 is 2.53 bits per heavy atom. The average molecular weight is 312 g/mol. The number of ether oxygens (including phenoxy) is 1. The maximum atomic E-state index is 13.6. The van der Waals surface area contributed by atoms with Gasteiger partial charge in [-0.25, -0.2) is 13.2 Å². The number of esters is 1. The van der Waals surface area contributed by atoms with Gasteiger partial charge < -0.3 is 4.74 Å². The van der Waals surface area contributed by atoms with Crippen LogP contribution in [0.25, 0.3) is 0 Å². The Morgan fingerprint density at radius 1 is 1.53 bits per heavy atom. The molecule has 19 heavy (non-hydrogen) atoms. The lowest BCUT2D eigenvalue weighted by atomic mass is 10.2. The van der Waals surface area contributed by atoms with E-state index in [1.54, 1.807) is 0 Å². The van der Waals surface area contributed by atoms with Crippen LogP contribution in [0.4, 0.5) is 10.1 Å². The zero-order valence-corrected chi connectivity index (χ0v) is 11.0. The van der Waals surface area contributed by atoms with Gasteiger partial charge in [-0.05, 0) is 13.0 Å². The van der Waals surface area contributed by atoms with Gasteiger partial charge in [-0.3, -0.25) is 10.1 Å². The summed E-state index contributed by atoms with van der Waals surface area (Å²) < 4.78 is 40.4. The lowest BCUT2D eigenvalue weighted by Crippen LogP contribution is -2.09. The zero-order chi connectivity index (χ0) is 14.8. The lowest BCUT2D eigenvalue weighted by Gasteiger charge is -2.05. The van der Waals surface area contributed by atoms with Crippen molar-refractivity contribution in [1.82, 2.24) is 0 Å². The zero-order valence-electron chi connectivity index (χ0n) is 9.42. The Bertz CT molecular complexity index is 644. The minimum absolute atomic E-state index is 0.0348. The Balaban J connectivity index is 3.58. The van der Waals surface area contributed by atoms with Gasteiger partial charge in [-0.2, -0.15) is 4.39 Å². The molecule has 0 amide bonds. The summed E-state index contributed by atoms with van der Waals surface area (Å²) in [5.41, 5.74) is -1.65. The fraction of sp³-hybridized carbons (Fsp3) is 0.222. The molecule has 0 atom stereocenters. The van der Waals surface area contributed by atoms with E-state index in [-0.39, 0.29) is 6.61 Å². The van der Waals surface area contributed by atoms with Gasteiger partial charge in [0.15, 0.2) is 0 Å². The van der Waals surface area contributed by atoms with E-state index in [2.05, 4.69) is 4.74 Å². The van der Waals surface area contributed by atoms with Crippen molar-refractivity contribution in [3.8, 4) is 0 Å². The van der Waals surface area contributed by atoms with E-state index in [1.807, 2.05) is 0 Å². The average Bonchev–Trinajstić information content (AvgIpc) is 2.27. The molecule has 0 aliphatic rings. The van der Waals surface area contributed by atoms with Crippen LogP contribution in [-0.2, 0) is 13.8 Å². The van der Waals surface area contributed by atoms with E-state index >= 15 is 0 Å². The molecular formula is C9H7ClFNO6S. The second-order valence-electron chi connectivity index (χ2n) is 3.22. The first kappa shape index (κ1) is 15.3. The minimum atomic E-state index is -4.58. The van der Waals surface area contributed by atoms with Gasteiger partial charge in [-0.1, -0.05) is 0 Å². The summed E-state index contributed by atoms with van der Waals surface area (Å²) >= 11 is 0. The van der Waals surface area contributed by atoms with Crippen molar-refractivity contribution in [1.29, 1.82) is 0 Å². The summed E-state index contributed by atoms with van der Waals surface area (Å²) in [5.74, 6) is -2.65. The first-order chi connectivity index (χ1) is 8.68. The standard InChI is InChI=1S/C9H7ClFNO6S/c1-2-18-9(13)5-3-6(12(14)15)8(11)7(4-5)19(10,16)17/h3-4H,2H2,1H3. The smallest absolute Gasteiger partial charge is 0.338 e. The molecule has 10 heteroatoms. The molecule has 0 fully saturated rings. The molecule has 0 unspecified atom stereocenters. The molecule has 7 nitrogen and oxygen atoms in total. The number of halogens is 2. The summed E-state index contributed by atoms with van der Waals surface area (Å²) in [6, 6.07) is 1.17. The van der Waals surface area contributed by atoms with E-state index in [1.165, 1.54) is 6.92 Å². The van der Waals surface area contributed by atoms with Gasteiger partial charge in [0.1, 0.15) is 4.90 Å². The fourth-order valence-electron chi connectivity index (χ4n) is 1.23. The van der Waals surface area contributed by atoms with Crippen molar-refractivity contribution in [3.05, 3.63) is 33.6 Å². The highest BCUT2D eigenvalue weighted by molar-refractivity contribution is 8.13. The number of rotatable bonds is 4. The maximum Gasteiger partial charge on any atom is 0.338 e. The third kappa shape index (κ3) is 3.38. The lowest BCUT2D eigenvalue weighted by molar-refractivity contribution is -0.387. The second kappa shape index (κ2) is 5.49. The number of carbonyl (C=O) groups is 1. The molecule has 0 bridgehead atoms. The van der Waals surface area contributed by atoms with E-state index in [9.17, 15) is 27.7 Å². The molecule has 0 spiro atoms. The number of hydrogen-bond donors (Lipinski definition) is 0. The van der Waals surface area contributed by atoms with Crippen LogP contribution in [0.15, 0.2) is 17.0 Å². The molecule has 104 valence electrons. The molecule has 0 aliphatic heterocycles. The first-order valence-corrected chi connectivity index (χ1v) is 7.09. The Labute approximate surface area is 111 Å². The molecule has 0 saturated heterocycles. The van der Waals surface area contributed by atoms with Crippen LogP contribution in [0.5, 0.6) is 0 Å². The van der Waals surface area contributed by atoms with Gasteiger partial charge >= 0.3 is 11.7 Å². The first-order valence-electron chi connectivity index (χ1n) is 4.78. The van der Waals surface area contributed by atoms with Gasteiger partial charge in [-0.15, -0.1) is 0 Å². The molecule has 0 radical (unpaired) electrons. The Kier molecular flexibility index (Phi) is 4.43. The molecule has 0 heterocycles. The van der Waals surface area contributed by atoms with Crippen molar-refractivity contribution < 1.29 is 27.3 Å². The number of nitro groups is 1. The van der Waals surface area contributed by atoms with E-state index in [0.717, 1.165) is 0 Å². The summed E-state index contributed by atoms with van der Waals surface area (Å²) in [6.07, 6.45) is 0. The molecule has 0 aliphatic carbocycles. The van der Waals surface area contributed by atoms with E-state index in [4.69, 9.17) is 10.7 Å². The van der Waals surface area contributed by atoms with Crippen molar-refractivity contribution in [2.75, 3.05) is 6.61 Å². The Morgan fingerprint density at radius 2 is 2.11 bits per heavy atom. The summed E-state index contributed by atoms with van der Waals surface area (Å²) in [4.78, 5) is 19.7. The molecule has 0 aromatic heterocycles. The number of nitrogens with zero attached hydrogens (tertiary/aromatic N) is 1. The van der Waals surface area contributed by atoms with Gasteiger partial charge in [0.05, 0.1) is 17.1 Å². The summed E-state index contributed by atoms with van der Waals surface area (Å²) in [5, 5.41) is 10.6. The molecule has 1 aromatic carbocycles. The van der Waals surface area contributed by atoms with Gasteiger partial charge in [0.25, 0.3) is 9.05 Å². The van der Waals surface area contributed by atoms with E-state index in [0.29, 0.717) is 12.1 Å². The van der Waals surface area contributed by atoms with Crippen LogP contribution in [-0.4, -0.2) is 25.9 Å². The third-order valence-corrected chi connectivity index (χ3v) is 3.31.